The second-order valence-electron chi connectivity index (χ2n) is 18.4. The van der Waals surface area contributed by atoms with Crippen LogP contribution in [0.2, 0.25) is 0 Å². The van der Waals surface area contributed by atoms with Crippen LogP contribution in [-0.2, 0) is 62.8 Å². The Bertz CT molecular complexity index is 2920. The van der Waals surface area contributed by atoms with Crippen molar-refractivity contribution in [3.63, 3.8) is 0 Å². The summed E-state index contributed by atoms with van der Waals surface area (Å²) >= 11 is 0. The minimum Gasteiger partial charge on any atom is -0.493 e. The summed E-state index contributed by atoms with van der Waals surface area (Å²) in [4.78, 5) is 98.9. The van der Waals surface area contributed by atoms with Gasteiger partial charge in [0, 0.05) is 5.56 Å². The van der Waals surface area contributed by atoms with Gasteiger partial charge in [-0.15, -0.1) is 0 Å². The molecule has 5 aromatic carbocycles. The highest BCUT2D eigenvalue weighted by atomic mass is 16.7. The summed E-state index contributed by atoms with van der Waals surface area (Å²) in [6.45, 7) is 7.19. The molecule has 1 heterocycles. The number of rotatable bonds is 35. The lowest BCUT2D eigenvalue weighted by Crippen LogP contribution is -2.49. The third-order valence-electron chi connectivity index (χ3n) is 12.6. The van der Waals surface area contributed by atoms with E-state index in [1.54, 1.807) is 86.6 Å². The smallest absolute Gasteiger partial charge is 0.363 e. The van der Waals surface area contributed by atoms with Gasteiger partial charge >= 0.3 is 17.9 Å². The fourth-order valence-electron chi connectivity index (χ4n) is 8.37. The maximum atomic E-state index is 13.9. The molecule has 0 saturated heterocycles. The van der Waals surface area contributed by atoms with Gasteiger partial charge in [0.25, 0.3) is 11.8 Å². The number of ether oxygens (including phenoxy) is 6. The second kappa shape index (κ2) is 33.6. The molecule has 0 spiro atoms. The zero-order chi connectivity index (χ0) is 57.6. The van der Waals surface area contributed by atoms with Crippen molar-refractivity contribution in [2.24, 2.45) is 5.92 Å². The first kappa shape index (κ1) is 61.4. The summed E-state index contributed by atoms with van der Waals surface area (Å²) in [6.07, 6.45) is 2.82. The number of nitrogens with zero attached hydrogens (tertiary/aromatic N) is 1. The number of esters is 2. The molecule has 6 aromatic rings. The van der Waals surface area contributed by atoms with Gasteiger partial charge < -0.3 is 53.6 Å². The average Bonchev–Trinajstić information content (AvgIpc) is 4.15. The van der Waals surface area contributed by atoms with Gasteiger partial charge in [0.05, 0.1) is 69.2 Å². The average molecular weight is 1110 g/mol. The van der Waals surface area contributed by atoms with Crippen LogP contribution in [-0.4, -0.2) is 98.9 Å². The van der Waals surface area contributed by atoms with Crippen LogP contribution in [0, 0.1) is 5.92 Å². The number of hydrogen-bond donors (Lipinski definition) is 3. The molecule has 0 aliphatic rings. The van der Waals surface area contributed by atoms with E-state index in [4.69, 9.17) is 37.7 Å². The minimum absolute atomic E-state index is 0.0344. The predicted octanol–water partition coefficient (Wildman–Crippen LogP) is 8.94. The largest absolute Gasteiger partial charge is 0.493 e. The van der Waals surface area contributed by atoms with Crippen LogP contribution in [0.25, 0.3) is 11.3 Å². The molecule has 0 saturated carbocycles. The molecule has 81 heavy (non-hydrogen) atoms. The van der Waals surface area contributed by atoms with E-state index in [2.05, 4.69) is 16.0 Å². The van der Waals surface area contributed by atoms with E-state index >= 15 is 0 Å². The Hall–Kier alpha value is -8.81. The fraction of sp³-hybridized carbons (Fsp3) is 0.339. The standard InChI is InChI=1S/C62H70N4O15/c1-4-7-11-24-50(53(5-2)66(43-67)81-61(72)47-25-28-49(29-26-47)77-36-35-74-33-34-75-39-44-18-12-8-13-19-44)58(69)63-42-64-60(71)55-32-31-54(80-55)48-27-30-51(56(37-48)76-6-3)59(70)65-52(62(73)79-41-46-22-16-10-17-23-46)38-57(68)78-40-45-20-14-9-15-21-45/h8-10,12-23,25-32,37,43,50,52-53H,4-7,11,24,33-36,38-42H2,1-3H3,(H,63,69)(H,64,71)(H,65,70). The molecule has 19 nitrogen and oxygen atoms in total. The Kier molecular flexibility index (Phi) is 25.5. The molecule has 4 amide bonds. The SMILES string of the molecule is CCCCCC(C(=O)NCNC(=O)c1ccc(-c2ccc(C(=O)NC(CC(=O)OCc3ccccc3)C(=O)OCc3ccccc3)c(OCC)c2)o1)C(CC)N(C=O)OC(=O)c1ccc(OCCOCCOCc2ccccc2)cc1. The Balaban J connectivity index is 1.01. The maximum Gasteiger partial charge on any atom is 0.363 e. The quantitative estimate of drug-likeness (QED) is 0.0111. The van der Waals surface area contributed by atoms with Crippen molar-refractivity contribution >= 4 is 42.0 Å². The summed E-state index contributed by atoms with van der Waals surface area (Å²) in [5, 5.41) is 8.86. The number of amides is 4. The monoisotopic (exact) mass is 1110 g/mol. The Labute approximate surface area is 471 Å². The molecule has 3 N–H and O–H groups in total. The zero-order valence-corrected chi connectivity index (χ0v) is 45.8. The maximum absolute atomic E-state index is 13.9. The van der Waals surface area contributed by atoms with Crippen molar-refractivity contribution < 1.29 is 71.2 Å². The van der Waals surface area contributed by atoms with E-state index in [1.807, 2.05) is 49.4 Å². The van der Waals surface area contributed by atoms with Crippen LogP contribution >= 0.6 is 0 Å². The van der Waals surface area contributed by atoms with Crippen LogP contribution in [0.3, 0.4) is 0 Å². The molecule has 0 radical (unpaired) electrons. The second-order valence-corrected chi connectivity index (χ2v) is 18.4. The fourth-order valence-corrected chi connectivity index (χ4v) is 8.37. The molecule has 3 atom stereocenters. The lowest BCUT2D eigenvalue weighted by Gasteiger charge is -2.31. The molecule has 6 rings (SSSR count). The van der Waals surface area contributed by atoms with E-state index in [-0.39, 0.29) is 67.9 Å². The van der Waals surface area contributed by atoms with Gasteiger partial charge in [-0.2, -0.15) is 5.06 Å². The number of nitrogens with one attached hydrogen (secondary N) is 3. The molecule has 0 aliphatic heterocycles. The number of hydrogen-bond acceptors (Lipinski definition) is 15. The van der Waals surface area contributed by atoms with Gasteiger partial charge in [0.1, 0.15) is 43.1 Å². The predicted molar refractivity (Wildman–Crippen MR) is 298 cm³/mol. The van der Waals surface area contributed by atoms with Gasteiger partial charge in [-0.1, -0.05) is 130 Å². The van der Waals surface area contributed by atoms with Crippen molar-refractivity contribution in [2.45, 2.75) is 91.2 Å². The van der Waals surface area contributed by atoms with Crippen molar-refractivity contribution in [3.8, 4) is 22.8 Å². The highest BCUT2D eigenvalue weighted by Gasteiger charge is 2.34. The molecule has 0 bridgehead atoms. The molecule has 3 unspecified atom stereocenters. The first-order chi connectivity index (χ1) is 39.5. The summed E-state index contributed by atoms with van der Waals surface area (Å²) in [7, 11) is 0. The number of unbranched alkanes of at least 4 members (excludes halogenated alkanes) is 2. The van der Waals surface area contributed by atoms with Gasteiger partial charge in [-0.3, -0.25) is 24.0 Å². The Morgan fingerprint density at radius 3 is 1.93 bits per heavy atom. The minimum atomic E-state index is -1.41. The summed E-state index contributed by atoms with van der Waals surface area (Å²) < 4.78 is 39.7. The molecular weight excluding hydrogens is 1040 g/mol. The highest BCUT2D eigenvalue weighted by molar-refractivity contribution is 6.00. The van der Waals surface area contributed by atoms with E-state index in [0.29, 0.717) is 62.6 Å². The Morgan fingerprint density at radius 1 is 0.642 bits per heavy atom. The summed E-state index contributed by atoms with van der Waals surface area (Å²) in [5.41, 5.74) is 3.16. The van der Waals surface area contributed by atoms with E-state index in [0.717, 1.165) is 29.0 Å². The number of furan rings is 1. The van der Waals surface area contributed by atoms with Gasteiger partial charge in [-0.05, 0) is 85.0 Å². The van der Waals surface area contributed by atoms with E-state index < -0.39 is 60.1 Å². The van der Waals surface area contributed by atoms with Crippen molar-refractivity contribution in [1.82, 2.24) is 21.0 Å². The normalized spacial score (nSPS) is 11.9. The highest BCUT2D eigenvalue weighted by Crippen LogP contribution is 2.30. The van der Waals surface area contributed by atoms with Crippen molar-refractivity contribution in [3.05, 3.63) is 179 Å². The number of carbonyl (C=O) groups is 7. The first-order valence-corrected chi connectivity index (χ1v) is 27.0. The van der Waals surface area contributed by atoms with Crippen LogP contribution in [0.15, 0.2) is 150 Å². The Morgan fingerprint density at radius 2 is 1.28 bits per heavy atom. The topological polar surface area (TPSA) is 237 Å². The van der Waals surface area contributed by atoms with Gasteiger partial charge in [0.2, 0.25) is 12.3 Å². The van der Waals surface area contributed by atoms with Crippen molar-refractivity contribution in [2.75, 3.05) is 39.7 Å². The first-order valence-electron chi connectivity index (χ1n) is 27.0. The van der Waals surface area contributed by atoms with Gasteiger partial charge in [-0.25, -0.2) is 9.59 Å². The molecule has 0 aliphatic carbocycles. The lowest BCUT2D eigenvalue weighted by molar-refractivity contribution is -0.171. The third kappa shape index (κ3) is 20.1. The molecular formula is C62H70N4O15. The van der Waals surface area contributed by atoms with Crippen LogP contribution in [0.4, 0.5) is 0 Å². The van der Waals surface area contributed by atoms with E-state index in [9.17, 15) is 33.6 Å². The summed E-state index contributed by atoms with van der Waals surface area (Å²) in [6, 6.07) is 39.3. The van der Waals surface area contributed by atoms with Crippen LogP contribution < -0.4 is 25.4 Å². The molecule has 19 heteroatoms. The van der Waals surface area contributed by atoms with E-state index in [1.165, 1.54) is 30.3 Å². The molecule has 1 aromatic heterocycles. The van der Waals surface area contributed by atoms with Gasteiger partial charge in [0.15, 0.2) is 5.76 Å². The molecule has 0 fully saturated rings. The lowest BCUT2D eigenvalue weighted by atomic mass is 9.90. The number of carbonyl (C=O) groups excluding carboxylic acids is 7. The number of benzene rings is 5. The van der Waals surface area contributed by atoms with Crippen LogP contribution in [0.5, 0.6) is 11.5 Å². The third-order valence-corrected chi connectivity index (χ3v) is 12.6. The van der Waals surface area contributed by atoms with Crippen LogP contribution in [0.1, 0.15) is 107 Å². The summed E-state index contributed by atoms with van der Waals surface area (Å²) in [5.74, 6) is -4.29. The molecule has 428 valence electrons. The number of hydroxylamine groups is 2. The van der Waals surface area contributed by atoms with Crippen molar-refractivity contribution in [1.29, 1.82) is 0 Å². The zero-order valence-electron chi connectivity index (χ0n) is 45.8.